The minimum atomic E-state index is -4.44. The number of urea groups is 1. The van der Waals surface area contributed by atoms with E-state index in [1.165, 1.54) is 7.11 Å². The van der Waals surface area contributed by atoms with Crippen molar-refractivity contribution in [3.05, 3.63) is 18.2 Å². The number of amides is 2. The van der Waals surface area contributed by atoms with Gasteiger partial charge in [0.15, 0.2) is 5.13 Å². The van der Waals surface area contributed by atoms with Crippen molar-refractivity contribution >= 4 is 32.7 Å². The maximum atomic E-state index is 12.2. The molecule has 1 N–H and O–H groups in total. The SMILES string of the molecule is COc1ccc2nc(NC(=O)N(C)CC(F)(F)F)sc2c1. The van der Waals surface area contributed by atoms with E-state index in [1.54, 1.807) is 18.2 Å². The van der Waals surface area contributed by atoms with E-state index in [0.717, 1.165) is 23.1 Å². The minimum Gasteiger partial charge on any atom is -0.497 e. The van der Waals surface area contributed by atoms with Crippen molar-refractivity contribution < 1.29 is 22.7 Å². The molecule has 0 fully saturated rings. The number of nitrogens with one attached hydrogen (secondary N) is 1. The molecule has 0 spiro atoms. The van der Waals surface area contributed by atoms with Crippen molar-refractivity contribution in [2.45, 2.75) is 6.18 Å². The molecule has 0 aliphatic carbocycles. The number of anilines is 1. The smallest absolute Gasteiger partial charge is 0.406 e. The number of hydrogen-bond acceptors (Lipinski definition) is 4. The second-order valence-electron chi connectivity index (χ2n) is 4.25. The second-order valence-corrected chi connectivity index (χ2v) is 5.28. The normalized spacial score (nSPS) is 11.5. The van der Waals surface area contributed by atoms with Gasteiger partial charge >= 0.3 is 12.2 Å². The van der Waals surface area contributed by atoms with Gasteiger partial charge in [0.1, 0.15) is 12.3 Å². The Labute approximate surface area is 122 Å². The predicted molar refractivity (Wildman–Crippen MR) is 73.9 cm³/mol. The number of ether oxygens (including phenoxy) is 1. The molecule has 2 rings (SSSR count). The van der Waals surface area contributed by atoms with Crippen molar-refractivity contribution in [1.82, 2.24) is 9.88 Å². The highest BCUT2D eigenvalue weighted by Crippen LogP contribution is 2.29. The average Bonchev–Trinajstić information content (AvgIpc) is 2.77. The largest absolute Gasteiger partial charge is 0.497 e. The third-order valence-corrected chi connectivity index (χ3v) is 3.51. The van der Waals surface area contributed by atoms with Gasteiger partial charge in [-0.1, -0.05) is 11.3 Å². The fourth-order valence-corrected chi connectivity index (χ4v) is 2.50. The van der Waals surface area contributed by atoms with Crippen LogP contribution in [0.5, 0.6) is 5.75 Å². The highest BCUT2D eigenvalue weighted by Gasteiger charge is 2.31. The van der Waals surface area contributed by atoms with Crippen LogP contribution < -0.4 is 10.1 Å². The van der Waals surface area contributed by atoms with Gasteiger partial charge in [-0.15, -0.1) is 0 Å². The van der Waals surface area contributed by atoms with Crippen LogP contribution in [0, 0.1) is 0 Å². The first-order valence-electron chi connectivity index (χ1n) is 5.82. The molecule has 1 aromatic carbocycles. The van der Waals surface area contributed by atoms with Gasteiger partial charge in [0.05, 0.1) is 17.3 Å². The third kappa shape index (κ3) is 3.97. The number of thiazole rings is 1. The molecule has 0 atom stereocenters. The zero-order valence-electron chi connectivity index (χ0n) is 11.2. The summed E-state index contributed by atoms with van der Waals surface area (Å²) in [6, 6.07) is 4.30. The van der Waals surface area contributed by atoms with Crippen LogP contribution in [0.25, 0.3) is 10.2 Å². The number of nitrogens with zero attached hydrogens (tertiary/aromatic N) is 2. The van der Waals surface area contributed by atoms with Crippen molar-refractivity contribution in [2.75, 3.05) is 26.0 Å². The van der Waals surface area contributed by atoms with Crippen LogP contribution in [0.1, 0.15) is 0 Å². The summed E-state index contributed by atoms with van der Waals surface area (Å²) in [6.07, 6.45) is -4.44. The maximum Gasteiger partial charge on any atom is 0.406 e. The zero-order chi connectivity index (χ0) is 15.6. The number of carbonyl (C=O) groups excluding carboxylic acids is 1. The highest BCUT2D eigenvalue weighted by molar-refractivity contribution is 7.22. The number of fused-ring (bicyclic) bond motifs is 1. The van der Waals surface area contributed by atoms with E-state index in [1.807, 2.05) is 0 Å². The number of carbonyl (C=O) groups is 1. The summed E-state index contributed by atoms with van der Waals surface area (Å²) in [5, 5.41) is 2.58. The van der Waals surface area contributed by atoms with E-state index >= 15 is 0 Å². The third-order valence-electron chi connectivity index (χ3n) is 2.57. The summed E-state index contributed by atoms with van der Waals surface area (Å²) in [6.45, 7) is -1.32. The van der Waals surface area contributed by atoms with Crippen LogP contribution >= 0.6 is 11.3 Å². The molecular weight excluding hydrogens is 307 g/mol. The summed E-state index contributed by atoms with van der Waals surface area (Å²) in [5.74, 6) is 0.637. The number of hydrogen-bond donors (Lipinski definition) is 1. The van der Waals surface area contributed by atoms with Gasteiger partial charge in [0.25, 0.3) is 0 Å². The first kappa shape index (κ1) is 15.4. The van der Waals surface area contributed by atoms with Crippen LogP contribution in [0.3, 0.4) is 0 Å². The molecule has 5 nitrogen and oxygen atoms in total. The molecular formula is C12H12F3N3O2S. The van der Waals surface area contributed by atoms with Crippen LogP contribution in [-0.2, 0) is 0 Å². The fraction of sp³-hybridized carbons (Fsp3) is 0.333. The van der Waals surface area contributed by atoms with Gasteiger partial charge in [-0.3, -0.25) is 5.32 Å². The Morgan fingerprint density at radius 2 is 2.19 bits per heavy atom. The molecule has 21 heavy (non-hydrogen) atoms. The number of methoxy groups -OCH3 is 1. The molecule has 2 aromatic rings. The first-order valence-corrected chi connectivity index (χ1v) is 6.63. The Kier molecular flexibility index (Phi) is 4.21. The number of benzene rings is 1. The van der Waals surface area contributed by atoms with Crippen LogP contribution in [-0.4, -0.2) is 42.8 Å². The van der Waals surface area contributed by atoms with E-state index in [0.29, 0.717) is 16.2 Å². The van der Waals surface area contributed by atoms with Crippen molar-refractivity contribution in [3.8, 4) is 5.75 Å². The van der Waals surface area contributed by atoms with Gasteiger partial charge in [0.2, 0.25) is 0 Å². The van der Waals surface area contributed by atoms with Crippen LogP contribution in [0.4, 0.5) is 23.1 Å². The highest BCUT2D eigenvalue weighted by atomic mass is 32.1. The summed E-state index contributed by atoms with van der Waals surface area (Å²) in [7, 11) is 2.59. The molecule has 0 saturated carbocycles. The number of aromatic nitrogens is 1. The Hall–Kier alpha value is -2.03. The van der Waals surface area contributed by atoms with E-state index in [2.05, 4.69) is 10.3 Å². The number of alkyl halides is 3. The van der Waals surface area contributed by atoms with Gasteiger partial charge in [-0.2, -0.15) is 13.2 Å². The summed E-state index contributed by atoms with van der Waals surface area (Å²) in [4.78, 5) is 16.3. The number of halogens is 3. The molecule has 1 aromatic heterocycles. The standard InChI is InChI=1S/C12H12F3N3O2S/c1-18(6-12(13,14)15)11(19)17-10-16-8-4-3-7(20-2)5-9(8)21-10/h3-5H,6H2,1-2H3,(H,16,17,19). The Morgan fingerprint density at radius 3 is 2.81 bits per heavy atom. The summed E-state index contributed by atoms with van der Waals surface area (Å²) in [5.41, 5.74) is 0.634. The van der Waals surface area contributed by atoms with Gasteiger partial charge < -0.3 is 9.64 Å². The molecule has 9 heteroatoms. The van der Waals surface area contributed by atoms with Gasteiger partial charge in [-0.25, -0.2) is 9.78 Å². The molecule has 0 saturated heterocycles. The molecule has 2 amide bonds. The van der Waals surface area contributed by atoms with E-state index < -0.39 is 18.8 Å². The monoisotopic (exact) mass is 319 g/mol. The van der Waals surface area contributed by atoms with E-state index in [9.17, 15) is 18.0 Å². The molecule has 0 bridgehead atoms. The van der Waals surface area contributed by atoms with Crippen LogP contribution in [0.15, 0.2) is 18.2 Å². The fourth-order valence-electron chi connectivity index (χ4n) is 1.61. The van der Waals surface area contributed by atoms with Crippen molar-refractivity contribution in [1.29, 1.82) is 0 Å². The molecule has 0 aliphatic heterocycles. The number of rotatable bonds is 3. The predicted octanol–water partition coefficient (Wildman–Crippen LogP) is 3.33. The minimum absolute atomic E-state index is 0.234. The quantitative estimate of drug-likeness (QED) is 0.944. The average molecular weight is 319 g/mol. The Balaban J connectivity index is 2.10. The lowest BCUT2D eigenvalue weighted by atomic mass is 10.3. The lowest BCUT2D eigenvalue weighted by Gasteiger charge is -2.18. The lowest BCUT2D eigenvalue weighted by Crippen LogP contribution is -2.38. The molecule has 0 aliphatic rings. The Morgan fingerprint density at radius 1 is 1.48 bits per heavy atom. The Bertz CT molecular complexity index is 657. The topological polar surface area (TPSA) is 54.5 Å². The summed E-state index contributed by atoms with van der Waals surface area (Å²) < 4.78 is 42.5. The van der Waals surface area contributed by atoms with Gasteiger partial charge in [0, 0.05) is 7.05 Å². The van der Waals surface area contributed by atoms with E-state index in [-0.39, 0.29) is 5.13 Å². The van der Waals surface area contributed by atoms with Crippen molar-refractivity contribution in [2.24, 2.45) is 0 Å². The second kappa shape index (κ2) is 5.76. The lowest BCUT2D eigenvalue weighted by molar-refractivity contribution is -0.137. The van der Waals surface area contributed by atoms with Crippen LogP contribution in [0.2, 0.25) is 0 Å². The molecule has 114 valence electrons. The maximum absolute atomic E-state index is 12.2. The molecule has 0 radical (unpaired) electrons. The van der Waals surface area contributed by atoms with Crippen molar-refractivity contribution in [3.63, 3.8) is 0 Å². The summed E-state index contributed by atoms with van der Waals surface area (Å²) >= 11 is 1.16. The van der Waals surface area contributed by atoms with E-state index in [4.69, 9.17) is 4.74 Å². The molecule has 1 heterocycles. The molecule has 0 unspecified atom stereocenters. The first-order chi connectivity index (χ1) is 9.78. The zero-order valence-corrected chi connectivity index (χ0v) is 12.0. The van der Waals surface area contributed by atoms with Gasteiger partial charge in [-0.05, 0) is 18.2 Å².